The van der Waals surface area contributed by atoms with E-state index in [4.69, 9.17) is 9.97 Å². The first-order valence-electron chi connectivity index (χ1n) is 9.98. The van der Waals surface area contributed by atoms with Gasteiger partial charge in [0.25, 0.3) is 0 Å². The van der Waals surface area contributed by atoms with Crippen LogP contribution in [0.5, 0.6) is 0 Å². The largest absolute Gasteiger partial charge is 0.325 e. The fraction of sp³-hybridized carbons (Fsp3) is 0.160. The lowest BCUT2D eigenvalue weighted by molar-refractivity contribution is -0.113. The Balaban J connectivity index is 1.55. The number of para-hydroxylation sites is 1. The molecule has 0 fully saturated rings. The van der Waals surface area contributed by atoms with Crippen LogP contribution in [0.25, 0.3) is 22.3 Å². The van der Waals surface area contributed by atoms with Gasteiger partial charge in [-0.15, -0.1) is 0 Å². The van der Waals surface area contributed by atoms with Gasteiger partial charge in [-0.25, -0.2) is 9.97 Å². The Morgan fingerprint density at radius 2 is 1.67 bits per heavy atom. The normalized spacial score (nSPS) is 10.9. The standard InChI is InChI=1S/C25H23N3OS/c1-3-18-10-14-20(15-11-18)26-23(29)16-30-25-21-6-4-5-7-22(21)27-24(28-25)19-12-8-17(2)9-13-19/h4-15H,3,16H2,1-2H3,(H,26,29). The second kappa shape index (κ2) is 9.09. The molecule has 0 aliphatic heterocycles. The van der Waals surface area contributed by atoms with Crippen molar-refractivity contribution in [1.82, 2.24) is 9.97 Å². The smallest absolute Gasteiger partial charge is 0.234 e. The number of nitrogens with one attached hydrogen (secondary N) is 1. The number of nitrogens with zero attached hydrogens (tertiary/aromatic N) is 2. The Labute approximate surface area is 180 Å². The predicted molar refractivity (Wildman–Crippen MR) is 125 cm³/mol. The molecular weight excluding hydrogens is 390 g/mol. The van der Waals surface area contributed by atoms with Crippen molar-refractivity contribution >= 4 is 34.3 Å². The van der Waals surface area contributed by atoms with Crippen molar-refractivity contribution < 1.29 is 4.79 Å². The number of aromatic nitrogens is 2. The van der Waals surface area contributed by atoms with Crippen LogP contribution in [0.1, 0.15) is 18.1 Å². The Bertz CT molecular complexity index is 1170. The molecule has 0 radical (unpaired) electrons. The number of hydrogen-bond donors (Lipinski definition) is 1. The molecule has 4 aromatic rings. The number of benzene rings is 3. The lowest BCUT2D eigenvalue weighted by Crippen LogP contribution is -2.14. The van der Waals surface area contributed by atoms with Gasteiger partial charge in [0.2, 0.25) is 5.91 Å². The minimum absolute atomic E-state index is 0.0520. The van der Waals surface area contributed by atoms with Crippen molar-refractivity contribution in [1.29, 1.82) is 0 Å². The SMILES string of the molecule is CCc1ccc(NC(=O)CSc2nc(-c3ccc(C)cc3)nc3ccccc23)cc1. The molecule has 4 rings (SSSR count). The van der Waals surface area contributed by atoms with Gasteiger partial charge in [0.1, 0.15) is 5.03 Å². The third-order valence-corrected chi connectivity index (χ3v) is 5.86. The second-order valence-corrected chi connectivity index (χ2v) is 8.09. The lowest BCUT2D eigenvalue weighted by Gasteiger charge is -2.09. The van der Waals surface area contributed by atoms with Gasteiger partial charge in [-0.3, -0.25) is 4.79 Å². The molecule has 1 heterocycles. The lowest BCUT2D eigenvalue weighted by atomic mass is 10.1. The number of aryl methyl sites for hydroxylation is 2. The fourth-order valence-electron chi connectivity index (χ4n) is 3.14. The van der Waals surface area contributed by atoms with Crippen molar-refractivity contribution in [2.75, 3.05) is 11.1 Å². The van der Waals surface area contributed by atoms with Crippen molar-refractivity contribution in [2.45, 2.75) is 25.3 Å². The summed E-state index contributed by atoms with van der Waals surface area (Å²) in [7, 11) is 0. The molecule has 0 bridgehead atoms. The maximum absolute atomic E-state index is 12.5. The highest BCUT2D eigenvalue weighted by molar-refractivity contribution is 8.00. The third-order valence-electron chi connectivity index (χ3n) is 4.86. The number of anilines is 1. The van der Waals surface area contributed by atoms with Crippen LogP contribution in [-0.2, 0) is 11.2 Å². The molecule has 0 saturated heterocycles. The summed E-state index contributed by atoms with van der Waals surface area (Å²) < 4.78 is 0. The molecule has 150 valence electrons. The van der Waals surface area contributed by atoms with Gasteiger partial charge >= 0.3 is 0 Å². The van der Waals surface area contributed by atoms with E-state index < -0.39 is 0 Å². The first-order chi connectivity index (χ1) is 14.6. The van der Waals surface area contributed by atoms with Gasteiger partial charge in [-0.05, 0) is 37.1 Å². The fourth-order valence-corrected chi connectivity index (χ4v) is 3.96. The van der Waals surface area contributed by atoms with Crippen LogP contribution in [0.15, 0.2) is 77.8 Å². The summed E-state index contributed by atoms with van der Waals surface area (Å²) in [5, 5.41) is 4.73. The summed E-state index contributed by atoms with van der Waals surface area (Å²) in [6.45, 7) is 4.17. The first kappa shape index (κ1) is 20.1. The number of amides is 1. The van der Waals surface area contributed by atoms with E-state index in [0.29, 0.717) is 5.82 Å². The van der Waals surface area contributed by atoms with Crippen LogP contribution < -0.4 is 5.32 Å². The number of thioether (sulfide) groups is 1. The summed E-state index contributed by atoms with van der Waals surface area (Å²) in [4.78, 5) is 22.0. The molecule has 5 heteroatoms. The van der Waals surface area contributed by atoms with E-state index in [0.717, 1.165) is 33.6 Å². The van der Waals surface area contributed by atoms with Gasteiger partial charge in [0.15, 0.2) is 5.82 Å². The van der Waals surface area contributed by atoms with Crippen LogP contribution in [0, 0.1) is 6.92 Å². The molecule has 4 nitrogen and oxygen atoms in total. The van der Waals surface area contributed by atoms with Gasteiger partial charge in [0.05, 0.1) is 11.3 Å². The van der Waals surface area contributed by atoms with Crippen LogP contribution in [0.4, 0.5) is 5.69 Å². The van der Waals surface area contributed by atoms with Crippen molar-refractivity contribution in [3.63, 3.8) is 0 Å². The van der Waals surface area contributed by atoms with Crippen LogP contribution in [0.3, 0.4) is 0 Å². The highest BCUT2D eigenvalue weighted by Crippen LogP contribution is 2.28. The number of carbonyl (C=O) groups is 1. The molecule has 1 aromatic heterocycles. The Hall–Kier alpha value is -3.18. The molecule has 1 amide bonds. The predicted octanol–water partition coefficient (Wildman–Crippen LogP) is 5.90. The zero-order valence-corrected chi connectivity index (χ0v) is 17.9. The Kier molecular flexibility index (Phi) is 6.10. The average Bonchev–Trinajstić information content (AvgIpc) is 2.78. The van der Waals surface area contributed by atoms with E-state index in [1.165, 1.54) is 22.9 Å². The number of carbonyl (C=O) groups excluding carboxylic acids is 1. The van der Waals surface area contributed by atoms with E-state index in [-0.39, 0.29) is 11.7 Å². The summed E-state index contributed by atoms with van der Waals surface area (Å²) in [6, 6.07) is 24.0. The zero-order chi connectivity index (χ0) is 20.9. The number of rotatable bonds is 6. The van der Waals surface area contributed by atoms with E-state index >= 15 is 0 Å². The minimum atomic E-state index is -0.0520. The first-order valence-corrected chi connectivity index (χ1v) is 11.0. The number of hydrogen-bond acceptors (Lipinski definition) is 4. The van der Waals surface area contributed by atoms with Gasteiger partial charge < -0.3 is 5.32 Å². The van der Waals surface area contributed by atoms with E-state index in [1.807, 2.05) is 60.7 Å². The van der Waals surface area contributed by atoms with Crippen LogP contribution in [0.2, 0.25) is 0 Å². The second-order valence-electron chi connectivity index (χ2n) is 7.12. The Morgan fingerprint density at radius 1 is 0.933 bits per heavy atom. The molecule has 0 unspecified atom stereocenters. The zero-order valence-electron chi connectivity index (χ0n) is 17.1. The summed E-state index contributed by atoms with van der Waals surface area (Å²) >= 11 is 1.43. The van der Waals surface area contributed by atoms with Gasteiger partial charge in [0, 0.05) is 16.6 Å². The molecule has 1 N–H and O–H groups in total. The van der Waals surface area contributed by atoms with Crippen LogP contribution >= 0.6 is 11.8 Å². The third kappa shape index (κ3) is 4.69. The Morgan fingerprint density at radius 3 is 2.40 bits per heavy atom. The highest BCUT2D eigenvalue weighted by atomic mass is 32.2. The molecule has 30 heavy (non-hydrogen) atoms. The highest BCUT2D eigenvalue weighted by Gasteiger charge is 2.12. The van der Waals surface area contributed by atoms with Gasteiger partial charge in [-0.2, -0.15) is 0 Å². The molecule has 3 aromatic carbocycles. The van der Waals surface area contributed by atoms with E-state index in [1.54, 1.807) is 0 Å². The molecular formula is C25H23N3OS. The molecule has 0 aliphatic rings. The molecule has 0 aliphatic carbocycles. The topological polar surface area (TPSA) is 54.9 Å². The summed E-state index contributed by atoms with van der Waals surface area (Å²) in [5.41, 5.74) is 5.09. The van der Waals surface area contributed by atoms with Gasteiger partial charge in [-0.1, -0.05) is 78.8 Å². The van der Waals surface area contributed by atoms with Crippen molar-refractivity contribution in [3.05, 3.63) is 83.9 Å². The maximum Gasteiger partial charge on any atom is 0.234 e. The summed E-state index contributed by atoms with van der Waals surface area (Å²) in [6.07, 6.45) is 0.980. The minimum Gasteiger partial charge on any atom is -0.325 e. The molecule has 0 saturated carbocycles. The van der Waals surface area contributed by atoms with Crippen molar-refractivity contribution in [2.24, 2.45) is 0 Å². The summed E-state index contributed by atoms with van der Waals surface area (Å²) in [5.74, 6) is 0.903. The molecule has 0 spiro atoms. The number of fused-ring (bicyclic) bond motifs is 1. The van der Waals surface area contributed by atoms with E-state index in [2.05, 4.69) is 31.3 Å². The van der Waals surface area contributed by atoms with Crippen LogP contribution in [-0.4, -0.2) is 21.6 Å². The average molecular weight is 414 g/mol. The molecule has 0 atom stereocenters. The van der Waals surface area contributed by atoms with E-state index in [9.17, 15) is 4.79 Å². The van der Waals surface area contributed by atoms with Crippen molar-refractivity contribution in [3.8, 4) is 11.4 Å². The monoisotopic (exact) mass is 413 g/mol. The quantitative estimate of drug-likeness (QED) is 0.316. The maximum atomic E-state index is 12.5.